The van der Waals surface area contributed by atoms with E-state index in [1.165, 1.54) is 25.0 Å². The summed E-state index contributed by atoms with van der Waals surface area (Å²) in [5.41, 5.74) is 1.34. The first-order valence-corrected chi connectivity index (χ1v) is 5.24. The summed E-state index contributed by atoms with van der Waals surface area (Å²) < 4.78 is 0. The van der Waals surface area contributed by atoms with Gasteiger partial charge in [0.15, 0.2) is 0 Å². The maximum atomic E-state index is 9.05. The van der Waals surface area contributed by atoms with Crippen LogP contribution in [0.1, 0.15) is 12.8 Å². The number of aliphatic hydroxyl groups is 1. The average Bonchev–Trinajstić information content (AvgIpc) is 2.65. The number of likely N-dealkylation sites (tertiary alicyclic amines) is 1. The van der Waals surface area contributed by atoms with Crippen LogP contribution in [0.3, 0.4) is 0 Å². The predicted molar refractivity (Wildman–Crippen MR) is 56.7 cm³/mol. The van der Waals surface area contributed by atoms with Crippen molar-refractivity contribution in [1.29, 1.82) is 0 Å². The van der Waals surface area contributed by atoms with E-state index in [4.69, 9.17) is 5.11 Å². The molecule has 0 bridgehead atoms. The van der Waals surface area contributed by atoms with E-state index in [0.717, 1.165) is 6.54 Å². The molecule has 0 amide bonds. The fourth-order valence-electron chi connectivity index (χ4n) is 2.26. The molecular formula is C11H18N2O. The number of rotatable bonds is 2. The molecule has 1 saturated heterocycles. The Morgan fingerprint density at radius 1 is 1.57 bits per heavy atom. The molecule has 1 fully saturated rings. The predicted octanol–water partition coefficient (Wildman–Crippen LogP) is 0.786. The largest absolute Gasteiger partial charge is 0.376 e. The maximum absolute atomic E-state index is 9.05. The van der Waals surface area contributed by atoms with Crippen molar-refractivity contribution in [2.24, 2.45) is 0 Å². The van der Waals surface area contributed by atoms with Gasteiger partial charge >= 0.3 is 0 Å². The lowest BCUT2D eigenvalue weighted by Gasteiger charge is -2.26. The number of hydrogen-bond acceptors (Lipinski definition) is 3. The highest BCUT2D eigenvalue weighted by atomic mass is 16.3. The molecule has 1 unspecified atom stereocenters. The number of aliphatic hydroxyl groups excluding tert-OH is 1. The molecule has 78 valence electrons. The Morgan fingerprint density at radius 3 is 3.07 bits per heavy atom. The zero-order valence-electron chi connectivity index (χ0n) is 8.69. The van der Waals surface area contributed by atoms with Gasteiger partial charge in [0.1, 0.15) is 6.73 Å². The Kier molecular flexibility index (Phi) is 2.89. The van der Waals surface area contributed by atoms with Crippen LogP contribution in [0, 0.1) is 0 Å². The van der Waals surface area contributed by atoms with Crippen molar-refractivity contribution in [1.82, 2.24) is 9.80 Å². The van der Waals surface area contributed by atoms with Gasteiger partial charge in [-0.05, 0) is 32.0 Å². The van der Waals surface area contributed by atoms with Crippen molar-refractivity contribution in [2.45, 2.75) is 18.9 Å². The molecule has 3 heteroatoms. The van der Waals surface area contributed by atoms with Gasteiger partial charge in [0.05, 0.1) is 0 Å². The van der Waals surface area contributed by atoms with Crippen LogP contribution in [-0.4, -0.2) is 47.8 Å². The van der Waals surface area contributed by atoms with Crippen molar-refractivity contribution in [3.63, 3.8) is 0 Å². The van der Waals surface area contributed by atoms with Gasteiger partial charge in [-0.25, -0.2) is 0 Å². The summed E-state index contributed by atoms with van der Waals surface area (Å²) >= 11 is 0. The summed E-state index contributed by atoms with van der Waals surface area (Å²) in [6.45, 7) is 2.13. The van der Waals surface area contributed by atoms with E-state index < -0.39 is 0 Å². The number of likely N-dealkylation sites (N-methyl/N-ethyl adjacent to an activating group) is 1. The summed E-state index contributed by atoms with van der Waals surface area (Å²) in [7, 11) is 2.17. The van der Waals surface area contributed by atoms with E-state index in [1.54, 1.807) is 0 Å². The minimum absolute atomic E-state index is 0.115. The Balaban J connectivity index is 2.09. The first-order valence-electron chi connectivity index (χ1n) is 5.24. The maximum Gasteiger partial charge on any atom is 0.115 e. The molecule has 2 heterocycles. The van der Waals surface area contributed by atoms with Crippen molar-refractivity contribution in [3.8, 4) is 0 Å². The minimum Gasteiger partial charge on any atom is -0.376 e. The molecule has 0 aliphatic carbocycles. The molecule has 0 spiro atoms. The third kappa shape index (κ3) is 1.83. The fourth-order valence-corrected chi connectivity index (χ4v) is 2.26. The van der Waals surface area contributed by atoms with Crippen molar-refractivity contribution in [2.75, 3.05) is 26.9 Å². The Bertz CT molecular complexity index is 260. The van der Waals surface area contributed by atoms with Crippen LogP contribution < -0.4 is 0 Å². The Morgan fingerprint density at radius 2 is 2.43 bits per heavy atom. The van der Waals surface area contributed by atoms with Crippen LogP contribution in [0.4, 0.5) is 0 Å². The smallest absolute Gasteiger partial charge is 0.115 e. The molecule has 0 saturated carbocycles. The van der Waals surface area contributed by atoms with Crippen molar-refractivity contribution >= 4 is 0 Å². The van der Waals surface area contributed by atoms with E-state index in [-0.39, 0.29) is 6.73 Å². The summed E-state index contributed by atoms with van der Waals surface area (Å²) in [6, 6.07) is 0.556. The molecule has 0 aromatic rings. The monoisotopic (exact) mass is 194 g/mol. The van der Waals surface area contributed by atoms with Gasteiger partial charge in [-0.15, -0.1) is 0 Å². The molecule has 1 atom stereocenters. The van der Waals surface area contributed by atoms with Gasteiger partial charge in [0.2, 0.25) is 0 Å². The second-order valence-corrected chi connectivity index (χ2v) is 4.08. The standard InChI is InChI=1S/C11H18N2O/c1-12-6-3-5-11(12)10-4-2-7-13(8-10)9-14/h2,4,8,11,14H,3,5-7,9H2,1H3. The molecular weight excluding hydrogens is 176 g/mol. The van der Waals surface area contributed by atoms with Crippen LogP contribution in [0.15, 0.2) is 23.9 Å². The van der Waals surface area contributed by atoms with Crippen LogP contribution in [0.25, 0.3) is 0 Å². The molecule has 0 radical (unpaired) electrons. The molecule has 14 heavy (non-hydrogen) atoms. The summed E-state index contributed by atoms with van der Waals surface area (Å²) in [5.74, 6) is 0. The molecule has 2 aliphatic heterocycles. The Labute approximate surface area is 85.3 Å². The van der Waals surface area contributed by atoms with Crippen molar-refractivity contribution in [3.05, 3.63) is 23.9 Å². The molecule has 2 rings (SSSR count). The van der Waals surface area contributed by atoms with Crippen LogP contribution >= 0.6 is 0 Å². The lowest BCUT2D eigenvalue weighted by atomic mass is 10.0. The second kappa shape index (κ2) is 4.15. The molecule has 0 aromatic heterocycles. The van der Waals surface area contributed by atoms with E-state index in [0.29, 0.717) is 6.04 Å². The molecule has 2 aliphatic rings. The first-order chi connectivity index (χ1) is 6.81. The summed E-state index contributed by atoms with van der Waals surface area (Å²) in [5, 5.41) is 9.05. The van der Waals surface area contributed by atoms with Gasteiger partial charge in [-0.1, -0.05) is 12.2 Å². The molecule has 3 nitrogen and oxygen atoms in total. The highest BCUT2D eigenvalue weighted by molar-refractivity contribution is 5.28. The minimum atomic E-state index is 0.115. The van der Waals surface area contributed by atoms with Gasteiger partial charge in [-0.2, -0.15) is 0 Å². The average molecular weight is 194 g/mol. The third-order valence-corrected chi connectivity index (χ3v) is 3.07. The summed E-state index contributed by atoms with van der Waals surface area (Å²) in [6.07, 6.45) is 8.93. The third-order valence-electron chi connectivity index (χ3n) is 3.07. The Hall–Kier alpha value is -0.800. The van der Waals surface area contributed by atoms with E-state index in [2.05, 4.69) is 30.3 Å². The number of hydrogen-bond donors (Lipinski definition) is 1. The van der Waals surface area contributed by atoms with Crippen molar-refractivity contribution < 1.29 is 5.11 Å². The molecule has 1 N–H and O–H groups in total. The lowest BCUT2D eigenvalue weighted by molar-refractivity contribution is 0.159. The van der Waals surface area contributed by atoms with Gasteiger partial charge in [0.25, 0.3) is 0 Å². The zero-order valence-corrected chi connectivity index (χ0v) is 8.69. The molecule has 0 aromatic carbocycles. The second-order valence-electron chi connectivity index (χ2n) is 4.08. The number of nitrogens with zero attached hydrogens (tertiary/aromatic N) is 2. The van der Waals surface area contributed by atoms with Crippen LogP contribution in [-0.2, 0) is 0 Å². The lowest BCUT2D eigenvalue weighted by Crippen LogP contribution is -2.30. The normalized spacial score (nSPS) is 28.3. The summed E-state index contributed by atoms with van der Waals surface area (Å²) in [4.78, 5) is 4.32. The highest BCUT2D eigenvalue weighted by Gasteiger charge is 2.24. The van der Waals surface area contributed by atoms with E-state index in [9.17, 15) is 0 Å². The first kappa shape index (κ1) is 9.74. The quantitative estimate of drug-likeness (QED) is 0.704. The van der Waals surface area contributed by atoms with Gasteiger partial charge in [-0.3, -0.25) is 4.90 Å². The van der Waals surface area contributed by atoms with Gasteiger partial charge < -0.3 is 10.0 Å². The van der Waals surface area contributed by atoms with Crippen LogP contribution in [0.2, 0.25) is 0 Å². The topological polar surface area (TPSA) is 26.7 Å². The highest BCUT2D eigenvalue weighted by Crippen LogP contribution is 2.24. The fraction of sp³-hybridized carbons (Fsp3) is 0.636. The van der Waals surface area contributed by atoms with E-state index in [1.807, 2.05) is 4.90 Å². The van der Waals surface area contributed by atoms with Crippen LogP contribution in [0.5, 0.6) is 0 Å². The zero-order chi connectivity index (χ0) is 9.97. The van der Waals surface area contributed by atoms with E-state index >= 15 is 0 Å². The van der Waals surface area contributed by atoms with Gasteiger partial charge in [0, 0.05) is 18.8 Å². The SMILES string of the molecule is CN1CCCC1C1=CN(CO)CC=C1.